The third-order valence-corrected chi connectivity index (χ3v) is 6.52. The van der Waals surface area contributed by atoms with Gasteiger partial charge in [0, 0.05) is 44.4 Å². The maximum atomic E-state index is 12.6. The van der Waals surface area contributed by atoms with E-state index in [1.165, 1.54) is 10.6 Å². The number of hydrogen-bond donors (Lipinski definition) is 2. The summed E-state index contributed by atoms with van der Waals surface area (Å²) >= 11 is 0. The number of hydrogen-bond acceptors (Lipinski definition) is 6. The summed E-state index contributed by atoms with van der Waals surface area (Å²) in [6, 6.07) is 8.60. The number of carbonyl (C=O) groups is 1. The summed E-state index contributed by atoms with van der Waals surface area (Å²) in [5, 5.41) is 6.93. The number of guanidine groups is 1. The summed E-state index contributed by atoms with van der Waals surface area (Å²) in [6.45, 7) is 4.81. The average molecular weight is 435 g/mol. The van der Waals surface area contributed by atoms with Crippen molar-refractivity contribution in [2.75, 3.05) is 32.7 Å². The number of nitrogens with zero attached hydrogens (tertiary/aromatic N) is 4. The smallest absolute Gasteiger partial charge is 0.248 e. The van der Waals surface area contributed by atoms with Gasteiger partial charge in [0.05, 0.1) is 12.2 Å². The fourth-order valence-electron chi connectivity index (χ4n) is 3.18. The van der Waals surface area contributed by atoms with Crippen LogP contribution in [-0.4, -0.2) is 67.4 Å². The Morgan fingerprint density at radius 3 is 2.67 bits per heavy atom. The minimum Gasteiger partial charge on any atom is -0.366 e. The molecular weight excluding hydrogens is 408 g/mol. The van der Waals surface area contributed by atoms with Crippen LogP contribution in [0.5, 0.6) is 0 Å². The summed E-state index contributed by atoms with van der Waals surface area (Å²) in [4.78, 5) is 18.0. The number of primary amides is 1. The highest BCUT2D eigenvalue weighted by atomic mass is 32.2. The van der Waals surface area contributed by atoms with Gasteiger partial charge in [0.25, 0.3) is 0 Å². The van der Waals surface area contributed by atoms with Crippen LogP contribution in [-0.2, 0) is 22.3 Å². The number of amides is 1. The van der Waals surface area contributed by atoms with Gasteiger partial charge in [0.15, 0.2) is 5.96 Å². The Balaban J connectivity index is 1.63. The van der Waals surface area contributed by atoms with Crippen molar-refractivity contribution in [2.24, 2.45) is 10.7 Å². The van der Waals surface area contributed by atoms with Gasteiger partial charge in [0.1, 0.15) is 12.0 Å². The molecule has 1 aromatic heterocycles. The number of benzene rings is 1. The molecule has 3 N–H and O–H groups in total. The number of aliphatic imine (C=N–C) groups is 1. The lowest BCUT2D eigenvalue weighted by molar-refractivity contribution is 0.1000. The molecule has 11 heteroatoms. The van der Waals surface area contributed by atoms with Crippen molar-refractivity contribution >= 4 is 21.9 Å². The molecule has 0 saturated carbocycles. The van der Waals surface area contributed by atoms with Crippen molar-refractivity contribution in [1.82, 2.24) is 19.7 Å². The maximum Gasteiger partial charge on any atom is 0.248 e. The van der Waals surface area contributed by atoms with E-state index in [0.717, 1.165) is 5.56 Å². The monoisotopic (exact) mass is 434 g/mol. The Bertz CT molecular complexity index is 982. The first-order chi connectivity index (χ1) is 14.4. The number of rotatable bonds is 7. The second-order valence-corrected chi connectivity index (χ2v) is 8.84. The first-order valence-corrected chi connectivity index (χ1v) is 11.3. The van der Waals surface area contributed by atoms with Gasteiger partial charge in [-0.1, -0.05) is 17.3 Å². The van der Waals surface area contributed by atoms with Crippen molar-refractivity contribution < 1.29 is 17.7 Å². The summed E-state index contributed by atoms with van der Waals surface area (Å²) < 4.78 is 31.4. The van der Waals surface area contributed by atoms with Crippen LogP contribution in [0.15, 0.2) is 46.1 Å². The van der Waals surface area contributed by atoms with Crippen LogP contribution in [0.4, 0.5) is 0 Å². The average Bonchev–Trinajstić information content (AvgIpc) is 3.24. The number of carbonyl (C=O) groups excluding carboxylic acids is 1. The van der Waals surface area contributed by atoms with Gasteiger partial charge < -0.3 is 20.5 Å². The van der Waals surface area contributed by atoms with Crippen molar-refractivity contribution in [2.45, 2.75) is 19.2 Å². The van der Waals surface area contributed by atoms with E-state index in [0.29, 0.717) is 56.5 Å². The quantitative estimate of drug-likeness (QED) is 0.475. The fourth-order valence-corrected chi connectivity index (χ4v) is 4.61. The van der Waals surface area contributed by atoms with Crippen LogP contribution in [0.2, 0.25) is 0 Å². The molecule has 0 unspecified atom stereocenters. The van der Waals surface area contributed by atoms with E-state index >= 15 is 0 Å². The minimum atomic E-state index is -3.46. The van der Waals surface area contributed by atoms with Crippen LogP contribution >= 0.6 is 0 Å². The number of aromatic nitrogens is 1. The second kappa shape index (κ2) is 9.72. The van der Waals surface area contributed by atoms with Gasteiger partial charge in [-0.3, -0.25) is 4.79 Å². The van der Waals surface area contributed by atoms with Crippen molar-refractivity contribution in [1.29, 1.82) is 0 Å². The van der Waals surface area contributed by atoms with E-state index in [1.54, 1.807) is 24.3 Å². The molecule has 1 amide bonds. The zero-order valence-corrected chi connectivity index (χ0v) is 17.6. The Morgan fingerprint density at radius 1 is 1.27 bits per heavy atom. The van der Waals surface area contributed by atoms with Gasteiger partial charge in [-0.25, -0.2) is 13.4 Å². The van der Waals surface area contributed by atoms with Crippen LogP contribution in [0.25, 0.3) is 0 Å². The zero-order valence-electron chi connectivity index (χ0n) is 16.8. The first-order valence-electron chi connectivity index (χ1n) is 9.68. The number of piperazine rings is 1. The second-order valence-electron chi connectivity index (χ2n) is 6.87. The summed E-state index contributed by atoms with van der Waals surface area (Å²) in [6.07, 6.45) is 1.36. The van der Waals surface area contributed by atoms with Crippen LogP contribution < -0.4 is 11.1 Å². The minimum absolute atomic E-state index is 0.173. The predicted octanol–water partition coefficient (Wildman–Crippen LogP) is 0.387. The third kappa shape index (κ3) is 5.57. The highest BCUT2D eigenvalue weighted by molar-refractivity contribution is 7.88. The highest BCUT2D eigenvalue weighted by Gasteiger charge is 2.29. The molecule has 162 valence electrons. The normalized spacial score (nSPS) is 15.9. The molecule has 1 saturated heterocycles. The Morgan fingerprint density at radius 2 is 2.03 bits per heavy atom. The molecule has 0 aliphatic carbocycles. The molecule has 10 nitrogen and oxygen atoms in total. The van der Waals surface area contributed by atoms with Crippen LogP contribution in [0, 0.1) is 0 Å². The molecule has 0 atom stereocenters. The number of nitrogens with two attached hydrogens (primary N) is 1. The topological polar surface area (TPSA) is 134 Å². The molecule has 0 radical (unpaired) electrons. The number of nitrogens with one attached hydrogen (secondary N) is 1. The van der Waals surface area contributed by atoms with E-state index in [9.17, 15) is 13.2 Å². The Hall–Kier alpha value is -2.92. The van der Waals surface area contributed by atoms with E-state index in [1.807, 2.05) is 17.9 Å². The SMILES string of the molecule is CCNC(=NCc1cccc(C(N)=O)c1)N1CCN(S(=O)(=O)Cc2ccon2)CC1. The molecule has 0 spiro atoms. The van der Waals surface area contributed by atoms with E-state index < -0.39 is 15.9 Å². The molecule has 0 bridgehead atoms. The third-order valence-electron chi connectivity index (χ3n) is 4.71. The maximum absolute atomic E-state index is 12.6. The van der Waals surface area contributed by atoms with E-state index in [2.05, 4.69) is 15.5 Å². The molecule has 2 heterocycles. The van der Waals surface area contributed by atoms with Gasteiger partial charge >= 0.3 is 0 Å². The molecule has 3 rings (SSSR count). The molecule has 1 fully saturated rings. The van der Waals surface area contributed by atoms with E-state index in [4.69, 9.17) is 10.3 Å². The molecule has 30 heavy (non-hydrogen) atoms. The van der Waals surface area contributed by atoms with Crippen molar-refractivity contribution in [3.05, 3.63) is 53.4 Å². The lowest BCUT2D eigenvalue weighted by Gasteiger charge is -2.35. The van der Waals surface area contributed by atoms with Gasteiger partial charge in [0.2, 0.25) is 15.9 Å². The Kier molecular flexibility index (Phi) is 7.06. The van der Waals surface area contributed by atoms with Crippen LogP contribution in [0.3, 0.4) is 0 Å². The molecule has 1 aromatic carbocycles. The first kappa shape index (κ1) is 21.8. The molecular formula is C19H26N6O4S. The van der Waals surface area contributed by atoms with Crippen molar-refractivity contribution in [3.8, 4) is 0 Å². The highest BCUT2D eigenvalue weighted by Crippen LogP contribution is 2.13. The summed E-state index contributed by atoms with van der Waals surface area (Å²) in [5.41, 5.74) is 7.04. The molecule has 1 aliphatic rings. The predicted molar refractivity (Wildman–Crippen MR) is 112 cm³/mol. The van der Waals surface area contributed by atoms with Crippen molar-refractivity contribution in [3.63, 3.8) is 0 Å². The fraction of sp³-hybridized carbons (Fsp3) is 0.421. The van der Waals surface area contributed by atoms with Crippen LogP contribution in [0.1, 0.15) is 28.5 Å². The van der Waals surface area contributed by atoms with Gasteiger partial charge in [-0.2, -0.15) is 4.31 Å². The zero-order chi connectivity index (χ0) is 21.6. The standard InChI is InChI=1S/C19H26N6O4S/c1-2-21-19(22-13-15-4-3-5-16(12-15)18(20)26)24-7-9-25(10-8-24)30(27,28)14-17-6-11-29-23-17/h3-6,11-12H,2,7-10,13-14H2,1H3,(H2,20,26)(H,21,22). The molecule has 1 aliphatic heterocycles. The Labute approximate surface area is 175 Å². The summed E-state index contributed by atoms with van der Waals surface area (Å²) in [7, 11) is -3.46. The largest absolute Gasteiger partial charge is 0.366 e. The lowest BCUT2D eigenvalue weighted by atomic mass is 10.1. The lowest BCUT2D eigenvalue weighted by Crippen LogP contribution is -2.53. The van der Waals surface area contributed by atoms with Gasteiger partial charge in [-0.15, -0.1) is 0 Å². The van der Waals surface area contributed by atoms with E-state index in [-0.39, 0.29) is 5.75 Å². The summed E-state index contributed by atoms with van der Waals surface area (Å²) in [5.74, 6) is 0.0552. The molecule has 2 aromatic rings. The van der Waals surface area contributed by atoms with Gasteiger partial charge in [-0.05, 0) is 24.6 Å². The number of sulfonamides is 1.